The summed E-state index contributed by atoms with van der Waals surface area (Å²) in [5, 5.41) is 3.09. The van der Waals surface area contributed by atoms with Crippen LogP contribution in [0.1, 0.15) is 18.4 Å². The molecule has 114 valence electrons. The Kier molecular flexibility index (Phi) is 3.91. The Bertz CT molecular complexity index is 731. The molecule has 1 aromatic carbocycles. The maximum absolute atomic E-state index is 13.6. The first-order chi connectivity index (χ1) is 10.5. The maximum Gasteiger partial charge on any atom is 0.261 e. The number of halogens is 2. The summed E-state index contributed by atoms with van der Waals surface area (Å²) in [6.07, 6.45) is 7.84. The Morgan fingerprint density at radius 1 is 1.41 bits per heavy atom. The lowest BCUT2D eigenvalue weighted by molar-refractivity contribution is -0.124. The predicted octanol–water partition coefficient (Wildman–Crippen LogP) is 3.41. The van der Waals surface area contributed by atoms with E-state index in [1.807, 2.05) is 18.2 Å². The number of benzene rings is 1. The van der Waals surface area contributed by atoms with Crippen molar-refractivity contribution in [3.63, 3.8) is 0 Å². The van der Waals surface area contributed by atoms with Gasteiger partial charge in [0.1, 0.15) is 5.82 Å². The Morgan fingerprint density at radius 3 is 2.73 bits per heavy atom. The smallest absolute Gasteiger partial charge is 0.261 e. The molecule has 0 saturated carbocycles. The van der Waals surface area contributed by atoms with Gasteiger partial charge in [0.05, 0.1) is 4.47 Å². The second-order valence-corrected chi connectivity index (χ2v) is 6.54. The van der Waals surface area contributed by atoms with E-state index in [4.69, 9.17) is 12.2 Å². The standard InChI is InChI=1S/C16H14BrFN2OS/c1-20-15(22)19-14(21)16(20,10-5-3-2-4-6-10)11-7-8-13(18)12(17)9-11/h3,5-9H,2,4H2,1H3,(H,19,21,22). The van der Waals surface area contributed by atoms with Crippen LogP contribution in [-0.2, 0) is 10.3 Å². The third-order valence-corrected chi connectivity index (χ3v) is 5.09. The van der Waals surface area contributed by atoms with E-state index in [-0.39, 0.29) is 11.7 Å². The summed E-state index contributed by atoms with van der Waals surface area (Å²) in [5.74, 6) is -0.577. The van der Waals surface area contributed by atoms with Crippen LogP contribution in [0, 0.1) is 5.82 Å². The minimum absolute atomic E-state index is 0.212. The van der Waals surface area contributed by atoms with E-state index < -0.39 is 5.54 Å². The van der Waals surface area contributed by atoms with Crippen molar-refractivity contribution in [2.45, 2.75) is 18.4 Å². The molecular formula is C16H14BrFN2OS. The molecule has 0 bridgehead atoms. The minimum atomic E-state index is -1.05. The fourth-order valence-electron chi connectivity index (χ4n) is 3.00. The van der Waals surface area contributed by atoms with Gasteiger partial charge in [-0.25, -0.2) is 4.39 Å². The van der Waals surface area contributed by atoms with Crippen molar-refractivity contribution in [2.75, 3.05) is 7.05 Å². The van der Waals surface area contributed by atoms with E-state index in [9.17, 15) is 9.18 Å². The molecule has 3 rings (SSSR count). The molecule has 1 amide bonds. The zero-order valence-electron chi connectivity index (χ0n) is 11.9. The van der Waals surface area contributed by atoms with E-state index in [2.05, 4.69) is 21.2 Å². The molecule has 1 atom stereocenters. The van der Waals surface area contributed by atoms with Gasteiger partial charge >= 0.3 is 0 Å². The Hall–Kier alpha value is -1.53. The highest BCUT2D eigenvalue weighted by molar-refractivity contribution is 9.10. The number of allylic oxidation sites excluding steroid dienone is 2. The molecule has 0 radical (unpaired) electrons. The molecule has 3 nitrogen and oxygen atoms in total. The van der Waals surface area contributed by atoms with E-state index in [0.717, 1.165) is 18.4 Å². The van der Waals surface area contributed by atoms with Gasteiger partial charge in [0, 0.05) is 7.05 Å². The Morgan fingerprint density at radius 2 is 2.18 bits per heavy atom. The second kappa shape index (κ2) is 5.59. The lowest BCUT2D eigenvalue weighted by Crippen LogP contribution is -2.46. The topological polar surface area (TPSA) is 32.3 Å². The highest BCUT2D eigenvalue weighted by Gasteiger charge is 2.53. The van der Waals surface area contributed by atoms with Crippen LogP contribution in [0.15, 0.2) is 46.5 Å². The largest absolute Gasteiger partial charge is 0.330 e. The summed E-state index contributed by atoms with van der Waals surface area (Å²) >= 11 is 8.45. The lowest BCUT2D eigenvalue weighted by atomic mass is 9.79. The van der Waals surface area contributed by atoms with Gasteiger partial charge in [0.2, 0.25) is 0 Å². The number of thiocarbonyl (C=S) groups is 1. The number of carbonyl (C=O) groups excluding carboxylic acids is 1. The Balaban J connectivity index is 2.25. The van der Waals surface area contributed by atoms with E-state index >= 15 is 0 Å². The monoisotopic (exact) mass is 380 g/mol. The lowest BCUT2D eigenvalue weighted by Gasteiger charge is -2.36. The molecule has 1 saturated heterocycles. The van der Waals surface area contributed by atoms with Gasteiger partial charge in [0.15, 0.2) is 10.7 Å². The summed E-state index contributed by atoms with van der Waals surface area (Å²) in [4.78, 5) is 14.5. The highest BCUT2D eigenvalue weighted by Crippen LogP contribution is 2.42. The van der Waals surface area contributed by atoms with Gasteiger partial charge in [-0.15, -0.1) is 0 Å². The number of nitrogens with one attached hydrogen (secondary N) is 1. The number of nitrogens with zero attached hydrogens (tertiary/aromatic N) is 1. The predicted molar refractivity (Wildman–Crippen MR) is 90.7 cm³/mol. The molecule has 6 heteroatoms. The van der Waals surface area contributed by atoms with Crippen LogP contribution in [-0.4, -0.2) is 23.0 Å². The summed E-state index contributed by atoms with van der Waals surface area (Å²) in [5.41, 5.74) is 0.486. The summed E-state index contributed by atoms with van der Waals surface area (Å²) in [6, 6.07) is 4.63. The van der Waals surface area contributed by atoms with Gasteiger partial charge in [0.25, 0.3) is 5.91 Å². The molecular weight excluding hydrogens is 367 g/mol. The first kappa shape index (κ1) is 15.4. The van der Waals surface area contributed by atoms with Gasteiger partial charge in [-0.05, 0) is 64.3 Å². The van der Waals surface area contributed by atoms with Crippen molar-refractivity contribution in [1.29, 1.82) is 0 Å². The highest BCUT2D eigenvalue weighted by atomic mass is 79.9. The van der Waals surface area contributed by atoms with Gasteiger partial charge in [-0.3, -0.25) is 4.79 Å². The second-order valence-electron chi connectivity index (χ2n) is 5.30. The molecule has 0 spiro atoms. The fraction of sp³-hybridized carbons (Fsp3) is 0.250. The molecule has 0 aromatic heterocycles. The number of carbonyl (C=O) groups is 1. The molecule has 1 fully saturated rings. The van der Waals surface area contributed by atoms with Crippen LogP contribution in [0.3, 0.4) is 0 Å². The normalized spacial score (nSPS) is 24.5. The fourth-order valence-corrected chi connectivity index (χ4v) is 3.60. The van der Waals surface area contributed by atoms with Crippen LogP contribution >= 0.6 is 28.1 Å². The SMILES string of the molecule is CN1C(=S)NC(=O)C1(C1=CCCC=C1)c1ccc(F)c(Br)c1. The molecule has 1 aliphatic carbocycles. The number of rotatable bonds is 2. The first-order valence-electron chi connectivity index (χ1n) is 6.90. The van der Waals surface area contributed by atoms with E-state index in [1.54, 1.807) is 24.1 Å². The van der Waals surface area contributed by atoms with E-state index in [0.29, 0.717) is 15.1 Å². The van der Waals surface area contributed by atoms with Crippen molar-refractivity contribution in [1.82, 2.24) is 10.2 Å². The number of likely N-dealkylation sites (N-methyl/N-ethyl adjacent to an activating group) is 1. The summed E-state index contributed by atoms with van der Waals surface area (Å²) in [7, 11) is 1.78. The van der Waals surface area contributed by atoms with Crippen LogP contribution in [0.25, 0.3) is 0 Å². The Labute approximate surface area is 142 Å². The zero-order chi connectivity index (χ0) is 15.9. The van der Waals surface area contributed by atoms with Crippen LogP contribution in [0.2, 0.25) is 0 Å². The molecule has 1 N–H and O–H groups in total. The molecule has 1 heterocycles. The molecule has 1 unspecified atom stereocenters. The minimum Gasteiger partial charge on any atom is -0.330 e. The van der Waals surface area contributed by atoms with Crippen LogP contribution in [0.5, 0.6) is 0 Å². The van der Waals surface area contributed by atoms with Crippen molar-refractivity contribution in [3.05, 3.63) is 57.9 Å². The van der Waals surface area contributed by atoms with Gasteiger partial charge < -0.3 is 10.2 Å². The molecule has 2 aliphatic rings. The molecule has 22 heavy (non-hydrogen) atoms. The quantitative estimate of drug-likeness (QED) is 0.797. The summed E-state index contributed by atoms with van der Waals surface area (Å²) in [6.45, 7) is 0. The number of amides is 1. The molecule has 1 aromatic rings. The van der Waals surface area contributed by atoms with Crippen molar-refractivity contribution in [3.8, 4) is 0 Å². The van der Waals surface area contributed by atoms with Crippen molar-refractivity contribution < 1.29 is 9.18 Å². The average molecular weight is 381 g/mol. The average Bonchev–Trinajstić information content (AvgIpc) is 2.74. The first-order valence-corrected chi connectivity index (χ1v) is 8.10. The van der Waals surface area contributed by atoms with E-state index in [1.165, 1.54) is 6.07 Å². The molecule has 1 aliphatic heterocycles. The maximum atomic E-state index is 13.6. The van der Waals surface area contributed by atoms with Crippen molar-refractivity contribution >= 4 is 39.2 Å². The third-order valence-electron chi connectivity index (χ3n) is 4.11. The zero-order valence-corrected chi connectivity index (χ0v) is 14.3. The third kappa shape index (κ3) is 2.13. The van der Waals surface area contributed by atoms with Crippen LogP contribution < -0.4 is 5.32 Å². The number of hydrogen-bond acceptors (Lipinski definition) is 2. The number of hydrogen-bond donors (Lipinski definition) is 1. The van der Waals surface area contributed by atoms with Crippen LogP contribution in [0.4, 0.5) is 4.39 Å². The van der Waals surface area contributed by atoms with Crippen molar-refractivity contribution in [2.24, 2.45) is 0 Å². The van der Waals surface area contributed by atoms with Gasteiger partial charge in [-0.2, -0.15) is 0 Å². The summed E-state index contributed by atoms with van der Waals surface area (Å²) < 4.78 is 13.9. The van der Waals surface area contributed by atoms with Gasteiger partial charge in [-0.1, -0.05) is 24.3 Å².